The van der Waals surface area contributed by atoms with Gasteiger partial charge in [0.05, 0.1) is 17.6 Å². The van der Waals surface area contributed by atoms with Crippen molar-refractivity contribution in [3.05, 3.63) is 35.5 Å². The van der Waals surface area contributed by atoms with E-state index in [2.05, 4.69) is 6.58 Å². The molecule has 3 rings (SSSR count). The van der Waals surface area contributed by atoms with Crippen LogP contribution in [0.1, 0.15) is 47.5 Å². The van der Waals surface area contributed by atoms with Crippen LogP contribution in [0.15, 0.2) is 35.5 Å². The van der Waals surface area contributed by atoms with Crippen molar-refractivity contribution in [2.45, 2.75) is 77.5 Å². The molecule has 0 aromatic heterocycles. The van der Waals surface area contributed by atoms with Crippen LogP contribution in [0.4, 0.5) is 0 Å². The fraction of sp³-hybridized carbons (Fsp3) is 0.591. The van der Waals surface area contributed by atoms with Crippen LogP contribution in [-0.2, 0) is 33.3 Å². The van der Waals surface area contributed by atoms with E-state index in [9.17, 15) is 14.4 Å². The number of carbonyl (C=O) groups is 3. The molecule has 0 N–H and O–H groups in total. The zero-order valence-corrected chi connectivity index (χ0v) is 17.5. The number of rotatable bonds is 3. The zero-order valence-electron chi connectivity index (χ0n) is 17.5. The summed E-state index contributed by atoms with van der Waals surface area (Å²) in [6.45, 7) is 12.4. The van der Waals surface area contributed by atoms with Crippen molar-refractivity contribution in [1.29, 1.82) is 0 Å². The summed E-state index contributed by atoms with van der Waals surface area (Å²) in [5.74, 6) is -1.89. The van der Waals surface area contributed by atoms with Gasteiger partial charge in [-0.05, 0) is 39.3 Å². The van der Waals surface area contributed by atoms with E-state index < -0.39 is 41.8 Å². The lowest BCUT2D eigenvalue weighted by atomic mass is 9.82. The second kappa shape index (κ2) is 7.78. The molecule has 0 aromatic rings. The maximum atomic E-state index is 12.5. The summed E-state index contributed by atoms with van der Waals surface area (Å²) in [4.78, 5) is 36.3. The lowest BCUT2D eigenvalue weighted by molar-refractivity contribution is -0.149. The molecule has 2 saturated heterocycles. The fourth-order valence-electron chi connectivity index (χ4n) is 4.03. The van der Waals surface area contributed by atoms with Gasteiger partial charge in [0, 0.05) is 30.9 Å². The molecular formula is C22H28O7. The maximum absolute atomic E-state index is 12.5. The average Bonchev–Trinajstić information content (AvgIpc) is 3.17. The van der Waals surface area contributed by atoms with Gasteiger partial charge in [0.15, 0.2) is 0 Å². The number of hydrogen-bond donors (Lipinski definition) is 0. The van der Waals surface area contributed by atoms with Crippen molar-refractivity contribution >= 4 is 17.9 Å². The van der Waals surface area contributed by atoms with E-state index in [4.69, 9.17) is 18.9 Å². The summed E-state index contributed by atoms with van der Waals surface area (Å²) in [6, 6.07) is 0. The first-order valence-electron chi connectivity index (χ1n) is 9.82. The second-order valence-corrected chi connectivity index (χ2v) is 8.20. The molecule has 1 aliphatic carbocycles. The van der Waals surface area contributed by atoms with Gasteiger partial charge in [-0.2, -0.15) is 0 Å². The third kappa shape index (κ3) is 4.29. The number of hydrogen-bond acceptors (Lipinski definition) is 7. The molecule has 2 heterocycles. The first kappa shape index (κ1) is 21.3. The summed E-state index contributed by atoms with van der Waals surface area (Å²) in [7, 11) is 0. The second-order valence-electron chi connectivity index (χ2n) is 8.20. The van der Waals surface area contributed by atoms with Gasteiger partial charge in [-0.3, -0.25) is 4.79 Å². The van der Waals surface area contributed by atoms with E-state index in [0.29, 0.717) is 18.4 Å². The van der Waals surface area contributed by atoms with Crippen LogP contribution in [0.2, 0.25) is 0 Å². The molecular weight excluding hydrogens is 376 g/mol. The minimum Gasteiger partial charge on any atom is -0.458 e. The normalized spacial score (nSPS) is 38.7. The Labute approximate surface area is 170 Å². The minimum absolute atomic E-state index is 0.151. The van der Waals surface area contributed by atoms with Crippen molar-refractivity contribution in [3.8, 4) is 0 Å². The first-order chi connectivity index (χ1) is 13.6. The van der Waals surface area contributed by atoms with E-state index in [-0.39, 0.29) is 17.6 Å². The van der Waals surface area contributed by atoms with Crippen molar-refractivity contribution < 1.29 is 33.3 Å². The van der Waals surface area contributed by atoms with E-state index in [1.807, 2.05) is 13.8 Å². The standard InChI is InChI=1S/C22H28O7/c1-7-11(2)20(24)28-17-10-22(6)18(29-22)9-15(26-14(5)23)12(3)8-16-19(17)13(4)21(25)27-16/h7-8,15-19H,4,9-10H2,1-3,5-6H3/b11-7-,12-8-/t15?,16-,17?,18-,19+,22-/m1/s1. The zero-order chi connectivity index (χ0) is 21.5. The number of esters is 3. The molecule has 2 unspecified atom stereocenters. The molecule has 0 saturated carbocycles. The highest BCUT2D eigenvalue weighted by Crippen LogP contribution is 2.48. The number of epoxide rings is 1. The molecule has 6 atom stereocenters. The molecule has 29 heavy (non-hydrogen) atoms. The summed E-state index contributed by atoms with van der Waals surface area (Å²) < 4.78 is 22.7. The highest BCUT2D eigenvalue weighted by Gasteiger charge is 2.58. The molecule has 0 aromatic carbocycles. The monoisotopic (exact) mass is 404 g/mol. The Morgan fingerprint density at radius 3 is 2.62 bits per heavy atom. The molecule has 2 aliphatic heterocycles. The molecule has 2 fully saturated rings. The van der Waals surface area contributed by atoms with Gasteiger partial charge in [-0.1, -0.05) is 12.7 Å². The van der Waals surface area contributed by atoms with E-state index in [1.54, 1.807) is 26.0 Å². The summed E-state index contributed by atoms with van der Waals surface area (Å²) in [5, 5.41) is 0. The molecule has 0 spiro atoms. The third-order valence-electron chi connectivity index (χ3n) is 5.99. The number of ether oxygens (including phenoxy) is 4. The molecule has 7 heteroatoms. The van der Waals surface area contributed by atoms with E-state index >= 15 is 0 Å². The average molecular weight is 404 g/mol. The first-order valence-corrected chi connectivity index (χ1v) is 9.82. The quantitative estimate of drug-likeness (QED) is 0.235. The summed E-state index contributed by atoms with van der Waals surface area (Å²) >= 11 is 0. The highest BCUT2D eigenvalue weighted by molar-refractivity contribution is 5.92. The fourth-order valence-corrected chi connectivity index (χ4v) is 4.03. The smallest absolute Gasteiger partial charge is 0.334 e. The topological polar surface area (TPSA) is 91.4 Å². The Kier molecular flexibility index (Phi) is 5.72. The van der Waals surface area contributed by atoms with Gasteiger partial charge in [0.25, 0.3) is 0 Å². The van der Waals surface area contributed by atoms with Gasteiger partial charge >= 0.3 is 17.9 Å². The Bertz CT molecular complexity index is 808. The van der Waals surface area contributed by atoms with Gasteiger partial charge in [-0.25, -0.2) is 9.59 Å². The predicted molar refractivity (Wildman–Crippen MR) is 104 cm³/mol. The van der Waals surface area contributed by atoms with Crippen molar-refractivity contribution in [2.75, 3.05) is 0 Å². The van der Waals surface area contributed by atoms with Crippen LogP contribution >= 0.6 is 0 Å². The largest absolute Gasteiger partial charge is 0.458 e. The molecule has 158 valence electrons. The van der Waals surface area contributed by atoms with Crippen molar-refractivity contribution in [2.24, 2.45) is 5.92 Å². The molecule has 3 aliphatic rings. The Hall–Kier alpha value is -2.41. The van der Waals surface area contributed by atoms with Crippen LogP contribution in [0.25, 0.3) is 0 Å². The minimum atomic E-state index is -0.657. The highest BCUT2D eigenvalue weighted by atomic mass is 16.6. The number of carbonyl (C=O) groups excluding carboxylic acids is 3. The van der Waals surface area contributed by atoms with Crippen LogP contribution in [-0.4, -0.2) is 47.9 Å². The van der Waals surface area contributed by atoms with Gasteiger partial charge in [0.2, 0.25) is 0 Å². The molecule has 0 amide bonds. The van der Waals surface area contributed by atoms with Crippen LogP contribution in [0.5, 0.6) is 0 Å². The lowest BCUT2D eigenvalue weighted by Crippen LogP contribution is -2.38. The van der Waals surface area contributed by atoms with Crippen molar-refractivity contribution in [3.63, 3.8) is 0 Å². The molecule has 7 nitrogen and oxygen atoms in total. The predicted octanol–water partition coefficient (Wildman–Crippen LogP) is 2.79. The van der Waals surface area contributed by atoms with E-state index in [0.717, 1.165) is 5.57 Å². The Morgan fingerprint density at radius 1 is 1.31 bits per heavy atom. The van der Waals surface area contributed by atoms with Crippen LogP contribution < -0.4 is 0 Å². The third-order valence-corrected chi connectivity index (χ3v) is 5.99. The Morgan fingerprint density at radius 2 is 2.00 bits per heavy atom. The molecule has 0 bridgehead atoms. The maximum Gasteiger partial charge on any atom is 0.334 e. The lowest BCUT2D eigenvalue weighted by Gasteiger charge is -2.29. The van der Waals surface area contributed by atoms with Gasteiger partial charge in [-0.15, -0.1) is 0 Å². The summed E-state index contributed by atoms with van der Waals surface area (Å²) in [5.41, 5.74) is 0.948. The summed E-state index contributed by atoms with van der Waals surface area (Å²) in [6.07, 6.45) is 2.40. The van der Waals surface area contributed by atoms with Crippen LogP contribution in [0, 0.1) is 5.92 Å². The number of allylic oxidation sites excluding steroid dienone is 1. The van der Waals surface area contributed by atoms with E-state index in [1.165, 1.54) is 6.92 Å². The van der Waals surface area contributed by atoms with Crippen molar-refractivity contribution in [1.82, 2.24) is 0 Å². The SMILES string of the molecule is C=C1C(=O)O[C@@H]2/C=C(/C)C(OC(C)=O)C[C@H]3O[C@]3(C)CC(OC(=O)/C(C)=C\C)[C@@H]12. The Balaban J connectivity index is 1.99. The van der Waals surface area contributed by atoms with Gasteiger partial charge in [0.1, 0.15) is 18.3 Å². The number of fused-ring (bicyclic) bond motifs is 2. The molecule has 0 radical (unpaired) electrons. The van der Waals surface area contributed by atoms with Gasteiger partial charge < -0.3 is 18.9 Å². The van der Waals surface area contributed by atoms with Crippen LogP contribution in [0.3, 0.4) is 0 Å².